The lowest BCUT2D eigenvalue weighted by atomic mass is 10.1. The zero-order valence-electron chi connectivity index (χ0n) is 9.67. The molecule has 1 aromatic rings. The molecule has 2 rings (SSSR count). The Morgan fingerprint density at radius 2 is 2.22 bits per heavy atom. The molecule has 1 aliphatic heterocycles. The van der Waals surface area contributed by atoms with Crippen molar-refractivity contribution in [2.24, 2.45) is 0 Å². The van der Waals surface area contributed by atoms with Crippen molar-refractivity contribution in [3.05, 3.63) is 29.6 Å². The van der Waals surface area contributed by atoms with E-state index in [1.165, 1.54) is 12.1 Å². The number of benzene rings is 1. The standard InChI is InChI=1S/C12H12F3NO2/c1-7-9(13)3-2-4-10(7)16-6-8-5-12(14,15)11(17)18-8/h2-4,8,16H,5-6H2,1H3. The van der Waals surface area contributed by atoms with Crippen LogP contribution < -0.4 is 5.32 Å². The maximum Gasteiger partial charge on any atom is 0.377 e. The highest BCUT2D eigenvalue weighted by Crippen LogP contribution is 2.31. The molecule has 1 unspecified atom stereocenters. The number of cyclic esters (lactones) is 1. The van der Waals surface area contributed by atoms with Gasteiger partial charge in [0.2, 0.25) is 0 Å². The van der Waals surface area contributed by atoms with Crippen molar-refractivity contribution in [2.45, 2.75) is 25.4 Å². The van der Waals surface area contributed by atoms with Gasteiger partial charge in [-0.25, -0.2) is 9.18 Å². The number of rotatable bonds is 3. The Kier molecular flexibility index (Phi) is 3.19. The van der Waals surface area contributed by atoms with Crippen LogP contribution >= 0.6 is 0 Å². The van der Waals surface area contributed by atoms with Crippen molar-refractivity contribution < 1.29 is 22.7 Å². The van der Waals surface area contributed by atoms with Gasteiger partial charge < -0.3 is 10.1 Å². The van der Waals surface area contributed by atoms with Crippen LogP contribution in [0.1, 0.15) is 12.0 Å². The van der Waals surface area contributed by atoms with Crippen molar-refractivity contribution in [1.29, 1.82) is 0 Å². The largest absolute Gasteiger partial charge is 0.456 e. The summed E-state index contributed by atoms with van der Waals surface area (Å²) in [5, 5.41) is 2.80. The Hall–Kier alpha value is -1.72. The van der Waals surface area contributed by atoms with Crippen molar-refractivity contribution >= 4 is 11.7 Å². The molecule has 1 aromatic carbocycles. The number of nitrogens with one attached hydrogen (secondary N) is 1. The first-order valence-electron chi connectivity index (χ1n) is 5.48. The van der Waals surface area contributed by atoms with Crippen LogP contribution in [0.2, 0.25) is 0 Å². The highest BCUT2D eigenvalue weighted by Gasteiger charge is 2.50. The summed E-state index contributed by atoms with van der Waals surface area (Å²) in [6.07, 6.45) is -1.54. The molecule has 6 heteroatoms. The van der Waals surface area contributed by atoms with E-state index in [1.807, 2.05) is 0 Å². The first kappa shape index (κ1) is 12.7. The Balaban J connectivity index is 1.97. The summed E-state index contributed by atoms with van der Waals surface area (Å²) in [5.74, 6) is -5.29. The molecular formula is C12H12F3NO2. The van der Waals surface area contributed by atoms with Crippen LogP contribution in [0.4, 0.5) is 18.9 Å². The van der Waals surface area contributed by atoms with E-state index in [9.17, 15) is 18.0 Å². The average molecular weight is 259 g/mol. The van der Waals surface area contributed by atoms with E-state index < -0.39 is 24.4 Å². The monoisotopic (exact) mass is 259 g/mol. The first-order valence-corrected chi connectivity index (χ1v) is 5.48. The highest BCUT2D eigenvalue weighted by atomic mass is 19.3. The minimum Gasteiger partial charge on any atom is -0.456 e. The first-order chi connectivity index (χ1) is 8.40. The van der Waals surface area contributed by atoms with Crippen LogP contribution in [0.15, 0.2) is 18.2 Å². The summed E-state index contributed by atoms with van der Waals surface area (Å²) < 4.78 is 43.5. The van der Waals surface area contributed by atoms with Gasteiger partial charge in [-0.2, -0.15) is 8.78 Å². The van der Waals surface area contributed by atoms with E-state index in [0.29, 0.717) is 11.3 Å². The van der Waals surface area contributed by atoms with Gasteiger partial charge in [0.05, 0.1) is 13.0 Å². The van der Waals surface area contributed by atoms with E-state index in [2.05, 4.69) is 10.1 Å². The quantitative estimate of drug-likeness (QED) is 0.847. The van der Waals surface area contributed by atoms with E-state index >= 15 is 0 Å². The van der Waals surface area contributed by atoms with E-state index in [-0.39, 0.29) is 12.4 Å². The molecule has 0 radical (unpaired) electrons. The number of esters is 1. The lowest BCUT2D eigenvalue weighted by Crippen LogP contribution is -2.22. The molecule has 1 fully saturated rings. The predicted octanol–water partition coefficient (Wildman–Crippen LogP) is 2.50. The Labute approximate surface area is 102 Å². The van der Waals surface area contributed by atoms with Gasteiger partial charge in [-0.15, -0.1) is 0 Å². The molecule has 0 amide bonds. The number of halogens is 3. The minimum absolute atomic E-state index is 0.0334. The van der Waals surface area contributed by atoms with E-state index in [1.54, 1.807) is 13.0 Å². The molecule has 0 aromatic heterocycles. The summed E-state index contributed by atoms with van der Waals surface area (Å²) >= 11 is 0. The van der Waals surface area contributed by atoms with Crippen molar-refractivity contribution in [3.63, 3.8) is 0 Å². The lowest BCUT2D eigenvalue weighted by Gasteiger charge is -2.13. The number of ether oxygens (including phenoxy) is 1. The molecule has 18 heavy (non-hydrogen) atoms. The summed E-state index contributed by atoms with van der Waals surface area (Å²) in [6.45, 7) is 1.61. The molecule has 1 N–H and O–H groups in total. The van der Waals surface area contributed by atoms with Gasteiger partial charge in [-0.3, -0.25) is 0 Å². The van der Waals surface area contributed by atoms with Crippen LogP contribution in [0, 0.1) is 12.7 Å². The van der Waals surface area contributed by atoms with Gasteiger partial charge in [0.25, 0.3) is 0 Å². The second-order valence-electron chi connectivity index (χ2n) is 4.23. The number of carbonyl (C=O) groups excluding carboxylic acids is 1. The molecule has 0 spiro atoms. The lowest BCUT2D eigenvalue weighted by molar-refractivity contribution is -0.158. The number of carbonyl (C=O) groups is 1. The predicted molar refractivity (Wildman–Crippen MR) is 59.1 cm³/mol. The topological polar surface area (TPSA) is 38.3 Å². The molecule has 1 heterocycles. The molecule has 1 saturated heterocycles. The number of anilines is 1. The smallest absolute Gasteiger partial charge is 0.377 e. The number of hydrogen-bond donors (Lipinski definition) is 1. The second kappa shape index (κ2) is 4.51. The SMILES string of the molecule is Cc1c(F)cccc1NCC1CC(F)(F)C(=O)O1. The molecule has 1 atom stereocenters. The molecule has 3 nitrogen and oxygen atoms in total. The summed E-state index contributed by atoms with van der Waals surface area (Å²) in [4.78, 5) is 10.8. The molecule has 0 saturated carbocycles. The fourth-order valence-electron chi connectivity index (χ4n) is 1.79. The van der Waals surface area contributed by atoms with E-state index in [4.69, 9.17) is 0 Å². The van der Waals surface area contributed by atoms with Crippen LogP contribution in [0.25, 0.3) is 0 Å². The summed E-state index contributed by atoms with van der Waals surface area (Å²) in [5.41, 5.74) is 0.898. The third kappa shape index (κ3) is 2.42. The fraction of sp³-hybridized carbons (Fsp3) is 0.417. The second-order valence-corrected chi connectivity index (χ2v) is 4.23. The molecule has 1 aliphatic rings. The minimum atomic E-state index is -3.41. The van der Waals surface area contributed by atoms with Gasteiger partial charge in [0.1, 0.15) is 11.9 Å². The Bertz CT molecular complexity index is 476. The van der Waals surface area contributed by atoms with Gasteiger partial charge in [0.15, 0.2) is 0 Å². The van der Waals surface area contributed by atoms with Gasteiger partial charge in [0, 0.05) is 11.3 Å². The van der Waals surface area contributed by atoms with Gasteiger partial charge in [-0.05, 0) is 19.1 Å². The molecule has 0 bridgehead atoms. The van der Waals surface area contributed by atoms with E-state index in [0.717, 1.165) is 0 Å². The van der Waals surface area contributed by atoms with Crippen molar-refractivity contribution in [3.8, 4) is 0 Å². The maximum absolute atomic E-state index is 13.2. The molecular weight excluding hydrogens is 247 g/mol. The van der Waals surface area contributed by atoms with Gasteiger partial charge >= 0.3 is 11.9 Å². The summed E-state index contributed by atoms with van der Waals surface area (Å²) in [7, 11) is 0. The van der Waals surface area contributed by atoms with Crippen LogP contribution in [-0.4, -0.2) is 24.5 Å². The summed E-state index contributed by atoms with van der Waals surface area (Å²) in [6, 6.07) is 4.46. The van der Waals surface area contributed by atoms with Crippen LogP contribution in [0.5, 0.6) is 0 Å². The third-order valence-corrected chi connectivity index (χ3v) is 2.84. The van der Waals surface area contributed by atoms with Crippen LogP contribution in [0.3, 0.4) is 0 Å². The Morgan fingerprint density at radius 1 is 1.50 bits per heavy atom. The molecule has 98 valence electrons. The molecule has 0 aliphatic carbocycles. The maximum atomic E-state index is 13.2. The average Bonchev–Trinajstić information content (AvgIpc) is 2.55. The highest BCUT2D eigenvalue weighted by molar-refractivity contribution is 5.79. The third-order valence-electron chi connectivity index (χ3n) is 2.84. The fourth-order valence-corrected chi connectivity index (χ4v) is 1.79. The Morgan fingerprint density at radius 3 is 2.83 bits per heavy atom. The number of hydrogen-bond acceptors (Lipinski definition) is 3. The zero-order valence-corrected chi connectivity index (χ0v) is 9.67. The van der Waals surface area contributed by atoms with Crippen molar-refractivity contribution in [1.82, 2.24) is 0 Å². The van der Waals surface area contributed by atoms with Crippen molar-refractivity contribution in [2.75, 3.05) is 11.9 Å². The zero-order chi connectivity index (χ0) is 13.3. The normalized spacial score (nSPS) is 21.8. The number of alkyl halides is 2. The van der Waals surface area contributed by atoms with Crippen LogP contribution in [-0.2, 0) is 9.53 Å². The van der Waals surface area contributed by atoms with Gasteiger partial charge in [-0.1, -0.05) is 6.07 Å².